The van der Waals surface area contributed by atoms with Gasteiger partial charge in [-0.05, 0) is 22.0 Å². The van der Waals surface area contributed by atoms with Gasteiger partial charge in [0.05, 0.1) is 0 Å². The predicted molar refractivity (Wildman–Crippen MR) is 51.2 cm³/mol. The monoisotopic (exact) mass is 226 g/mol. The van der Waals surface area contributed by atoms with E-state index in [9.17, 15) is 4.79 Å². The summed E-state index contributed by atoms with van der Waals surface area (Å²) in [5.74, 6) is 5.87. The van der Waals surface area contributed by atoms with Crippen molar-refractivity contribution in [2.75, 3.05) is 11.6 Å². The van der Waals surface area contributed by atoms with Crippen LogP contribution in [0.1, 0.15) is 12.2 Å². The first kappa shape index (κ1) is 10.3. The lowest BCUT2D eigenvalue weighted by Crippen LogP contribution is -2.33. The molecule has 0 saturated carbocycles. The van der Waals surface area contributed by atoms with E-state index < -0.39 is 5.76 Å². The summed E-state index contributed by atoms with van der Waals surface area (Å²) in [5.41, 5.74) is 0. The van der Waals surface area contributed by atoms with E-state index in [0.29, 0.717) is 25.2 Å². The number of tetrazole rings is 1. The van der Waals surface area contributed by atoms with Crippen molar-refractivity contribution in [3.8, 4) is 0 Å². The number of aromatic amines is 2. The van der Waals surface area contributed by atoms with E-state index in [1.165, 1.54) is 5.01 Å². The van der Waals surface area contributed by atoms with E-state index in [1.807, 2.05) is 0 Å². The lowest BCUT2D eigenvalue weighted by molar-refractivity contribution is 0.386. The van der Waals surface area contributed by atoms with E-state index in [1.54, 1.807) is 0 Å². The zero-order valence-electron chi connectivity index (χ0n) is 8.25. The summed E-state index contributed by atoms with van der Waals surface area (Å²) in [6.07, 6.45) is 1.37. The Labute approximate surface area is 88.8 Å². The molecular weight excluding hydrogens is 216 g/mol. The Bertz CT molecular complexity index is 473. The van der Waals surface area contributed by atoms with Crippen molar-refractivity contribution in [1.82, 2.24) is 30.8 Å². The summed E-state index contributed by atoms with van der Waals surface area (Å²) in [5, 5.41) is 18.0. The highest BCUT2D eigenvalue weighted by atomic mass is 16.5. The maximum absolute atomic E-state index is 10.7. The molecule has 0 radical (unpaired) electrons. The van der Waals surface area contributed by atoms with E-state index in [0.717, 1.165) is 0 Å². The molecule has 10 heteroatoms. The van der Waals surface area contributed by atoms with Gasteiger partial charge in [-0.3, -0.25) is 14.5 Å². The number of nitrogens with zero attached hydrogens (tertiary/aromatic N) is 5. The zero-order chi connectivity index (χ0) is 11.4. The highest BCUT2D eigenvalue weighted by molar-refractivity contribution is 5.22. The maximum atomic E-state index is 10.7. The number of nitrogens with two attached hydrogens (primary N) is 1. The molecule has 0 fully saturated rings. The van der Waals surface area contributed by atoms with Crippen LogP contribution in [0.3, 0.4) is 0 Å². The topological polar surface area (TPSA) is 143 Å². The summed E-state index contributed by atoms with van der Waals surface area (Å²) in [6.45, 7) is 0.489. The van der Waals surface area contributed by atoms with Crippen LogP contribution < -0.4 is 16.6 Å². The lowest BCUT2D eigenvalue weighted by atomic mass is 10.3. The molecule has 10 nitrogen and oxygen atoms in total. The predicted octanol–water partition coefficient (Wildman–Crippen LogP) is -1.81. The van der Waals surface area contributed by atoms with Crippen molar-refractivity contribution in [3.05, 3.63) is 16.4 Å². The molecule has 2 aromatic heterocycles. The molecule has 2 aromatic rings. The average Bonchev–Trinajstić information content (AvgIpc) is 2.89. The smallest absolute Gasteiger partial charge is 0.294 e. The molecule has 0 saturated heterocycles. The molecule has 86 valence electrons. The minimum Gasteiger partial charge on any atom is -0.294 e. The van der Waals surface area contributed by atoms with Crippen molar-refractivity contribution in [3.63, 3.8) is 0 Å². The van der Waals surface area contributed by atoms with Crippen LogP contribution in [0, 0.1) is 0 Å². The minimum atomic E-state index is -0.634. The van der Waals surface area contributed by atoms with Crippen molar-refractivity contribution in [1.29, 1.82) is 0 Å². The lowest BCUT2D eigenvalue weighted by Gasteiger charge is -2.12. The zero-order valence-corrected chi connectivity index (χ0v) is 8.25. The first-order valence-corrected chi connectivity index (χ1v) is 4.56. The van der Waals surface area contributed by atoms with Crippen molar-refractivity contribution < 1.29 is 4.52 Å². The number of hydrazine groups is 1. The summed E-state index contributed by atoms with van der Waals surface area (Å²) in [6, 6.07) is 0. The number of nitrogens with one attached hydrogen (secondary N) is 2. The van der Waals surface area contributed by atoms with Crippen molar-refractivity contribution >= 4 is 5.95 Å². The van der Waals surface area contributed by atoms with Crippen LogP contribution in [0.15, 0.2) is 9.32 Å². The van der Waals surface area contributed by atoms with Gasteiger partial charge in [-0.15, -0.1) is 5.10 Å². The number of hydrogen-bond acceptors (Lipinski definition) is 8. The molecule has 0 amide bonds. The third-order valence-corrected chi connectivity index (χ3v) is 1.90. The van der Waals surface area contributed by atoms with Crippen LogP contribution in [0.2, 0.25) is 0 Å². The van der Waals surface area contributed by atoms with Crippen LogP contribution in [0.5, 0.6) is 0 Å². The Morgan fingerprint density at radius 1 is 1.50 bits per heavy atom. The fourth-order valence-electron chi connectivity index (χ4n) is 1.15. The summed E-state index contributed by atoms with van der Waals surface area (Å²) in [7, 11) is 0. The quantitative estimate of drug-likeness (QED) is 0.399. The number of hydrogen-bond donors (Lipinski definition) is 3. The van der Waals surface area contributed by atoms with E-state index >= 15 is 0 Å². The molecular formula is C6H10N8O2. The molecule has 2 rings (SSSR count). The second kappa shape index (κ2) is 4.53. The molecule has 0 unspecified atom stereocenters. The highest BCUT2D eigenvalue weighted by Crippen LogP contribution is 2.00. The van der Waals surface area contributed by atoms with E-state index in [4.69, 9.17) is 5.84 Å². The number of aryl methyl sites for hydroxylation is 1. The van der Waals surface area contributed by atoms with Gasteiger partial charge in [-0.2, -0.15) is 0 Å². The number of rotatable bonds is 5. The third-order valence-electron chi connectivity index (χ3n) is 1.90. The Morgan fingerprint density at radius 2 is 2.38 bits per heavy atom. The molecule has 0 aromatic carbocycles. The average molecular weight is 226 g/mol. The third kappa shape index (κ3) is 2.42. The van der Waals surface area contributed by atoms with Gasteiger partial charge in [-0.1, -0.05) is 0 Å². The Hall–Kier alpha value is -2.23. The molecule has 0 atom stereocenters. The minimum absolute atomic E-state index is 0.195. The van der Waals surface area contributed by atoms with Gasteiger partial charge in [0.2, 0.25) is 0 Å². The fraction of sp³-hybridized carbons (Fsp3) is 0.500. The first-order chi connectivity index (χ1) is 7.75. The van der Waals surface area contributed by atoms with E-state index in [2.05, 4.69) is 35.3 Å². The van der Waals surface area contributed by atoms with Crippen LogP contribution in [-0.4, -0.2) is 37.3 Å². The molecule has 0 spiro atoms. The fourth-order valence-corrected chi connectivity index (χ4v) is 1.15. The highest BCUT2D eigenvalue weighted by Gasteiger charge is 2.07. The van der Waals surface area contributed by atoms with Crippen LogP contribution in [0.25, 0.3) is 0 Å². The van der Waals surface area contributed by atoms with Gasteiger partial charge in [0.25, 0.3) is 5.95 Å². The molecule has 2 heterocycles. The molecule has 16 heavy (non-hydrogen) atoms. The number of aromatic nitrogens is 6. The Kier molecular flexibility index (Phi) is 2.91. The van der Waals surface area contributed by atoms with Crippen LogP contribution >= 0.6 is 0 Å². The molecule has 0 aliphatic rings. The Morgan fingerprint density at radius 3 is 3.00 bits per heavy atom. The Balaban J connectivity index is 1.80. The number of anilines is 1. The van der Waals surface area contributed by atoms with Crippen molar-refractivity contribution in [2.24, 2.45) is 5.84 Å². The number of H-pyrrole nitrogens is 2. The largest absolute Gasteiger partial charge is 0.440 e. The summed E-state index contributed by atoms with van der Waals surface area (Å²) < 4.78 is 4.32. The SMILES string of the molecule is NN(CCCc1nnn[nH]1)c1noc(=O)[nH]1. The van der Waals surface area contributed by atoms with Crippen molar-refractivity contribution in [2.45, 2.75) is 12.8 Å². The molecule has 0 aliphatic carbocycles. The second-order valence-corrected chi connectivity index (χ2v) is 3.06. The molecule has 4 N–H and O–H groups in total. The van der Waals surface area contributed by atoms with Crippen LogP contribution in [0.4, 0.5) is 5.95 Å². The maximum Gasteiger partial charge on any atom is 0.440 e. The van der Waals surface area contributed by atoms with Gasteiger partial charge >= 0.3 is 5.76 Å². The van der Waals surface area contributed by atoms with Crippen LogP contribution in [-0.2, 0) is 6.42 Å². The molecule has 0 aliphatic heterocycles. The summed E-state index contributed by atoms with van der Waals surface area (Å²) in [4.78, 5) is 13.0. The van der Waals surface area contributed by atoms with E-state index in [-0.39, 0.29) is 5.95 Å². The standard InChI is InChI=1S/C6H10N8O2/c7-14(5-8-6(15)16-11-5)3-1-2-4-9-12-13-10-4/h1-3,7H2,(H,8,11,15)(H,9,10,12,13). The normalized spacial score (nSPS) is 10.6. The first-order valence-electron chi connectivity index (χ1n) is 4.56. The molecule has 0 bridgehead atoms. The van der Waals surface area contributed by atoms with Gasteiger partial charge in [0, 0.05) is 13.0 Å². The second-order valence-electron chi connectivity index (χ2n) is 3.06. The van der Waals surface area contributed by atoms with Gasteiger partial charge < -0.3 is 0 Å². The van der Waals surface area contributed by atoms with Gasteiger partial charge in [-0.25, -0.2) is 15.7 Å². The van der Waals surface area contributed by atoms with Gasteiger partial charge in [0.15, 0.2) is 0 Å². The van der Waals surface area contributed by atoms with Gasteiger partial charge in [0.1, 0.15) is 5.82 Å². The summed E-state index contributed by atoms with van der Waals surface area (Å²) >= 11 is 0.